The molecule has 0 spiro atoms. The van der Waals surface area contributed by atoms with Crippen LogP contribution in [0.5, 0.6) is 0 Å². The topological polar surface area (TPSA) is 118 Å². The lowest BCUT2D eigenvalue weighted by Gasteiger charge is -2.26. The molecule has 1 saturated heterocycles. The second-order valence-corrected chi connectivity index (χ2v) is 8.27. The minimum absolute atomic E-state index is 0.0833. The molecule has 2 atom stereocenters. The van der Waals surface area contributed by atoms with Crippen molar-refractivity contribution in [1.29, 1.82) is 0 Å². The summed E-state index contributed by atoms with van der Waals surface area (Å²) in [5.74, 6) is 1.33. The first-order valence-corrected chi connectivity index (χ1v) is 11.3. The summed E-state index contributed by atoms with van der Waals surface area (Å²) in [5.41, 5.74) is -0.857. The average molecular weight is 432 g/mol. The van der Waals surface area contributed by atoms with Gasteiger partial charge in [0.05, 0.1) is 19.4 Å². The molecule has 1 fully saturated rings. The minimum atomic E-state index is -3.42. The van der Waals surface area contributed by atoms with Gasteiger partial charge in [0.2, 0.25) is 0 Å². The lowest BCUT2D eigenvalue weighted by molar-refractivity contribution is -0.187. The van der Waals surface area contributed by atoms with E-state index in [0.29, 0.717) is 12.2 Å². The quantitative estimate of drug-likeness (QED) is 0.528. The fourth-order valence-electron chi connectivity index (χ4n) is 2.63. The molecular formula is C18H29N2O8P. The van der Waals surface area contributed by atoms with Crippen LogP contribution in [0.4, 0.5) is 0 Å². The lowest BCUT2D eigenvalue weighted by Crippen LogP contribution is -2.38. The Labute approximate surface area is 169 Å². The number of hydrogen-bond acceptors (Lipinski definition) is 8. The maximum absolute atomic E-state index is 12.7. The summed E-state index contributed by atoms with van der Waals surface area (Å²) < 4.78 is 35.6. The number of nitrogens with zero attached hydrogens (tertiary/aromatic N) is 1. The van der Waals surface area contributed by atoms with Crippen molar-refractivity contribution in [1.82, 2.24) is 9.71 Å². The SMILES string of the molecule is CCOP(=O)(/C=C/[C@H](COn1cc(C)c(=O)[nH]c1=O)O[C@H]1CCCCO1)OCC. The molecule has 1 aliphatic rings. The van der Waals surface area contributed by atoms with Crippen molar-refractivity contribution in [2.24, 2.45) is 0 Å². The summed E-state index contributed by atoms with van der Waals surface area (Å²) in [5, 5.41) is 0. The Bertz CT molecular complexity index is 818. The molecule has 1 aliphatic heterocycles. The summed E-state index contributed by atoms with van der Waals surface area (Å²) in [6.45, 7) is 5.96. The Morgan fingerprint density at radius 2 is 2.03 bits per heavy atom. The highest BCUT2D eigenvalue weighted by atomic mass is 31.2. The van der Waals surface area contributed by atoms with E-state index in [1.54, 1.807) is 20.8 Å². The van der Waals surface area contributed by atoms with Crippen molar-refractivity contribution >= 4 is 7.60 Å². The second kappa shape index (κ2) is 11.5. The minimum Gasteiger partial charge on any atom is -0.406 e. The fraction of sp³-hybridized carbons (Fsp3) is 0.667. The molecular weight excluding hydrogens is 403 g/mol. The number of hydrogen-bond donors (Lipinski definition) is 1. The molecule has 0 aliphatic carbocycles. The van der Waals surface area contributed by atoms with Crippen LogP contribution in [0.3, 0.4) is 0 Å². The molecule has 164 valence electrons. The number of H-pyrrole nitrogens is 1. The summed E-state index contributed by atoms with van der Waals surface area (Å²) >= 11 is 0. The Balaban J connectivity index is 2.14. The molecule has 0 unspecified atom stereocenters. The van der Waals surface area contributed by atoms with Gasteiger partial charge in [0, 0.05) is 18.0 Å². The standard InChI is InChI=1S/C18H29N2O8P/c1-4-26-29(23,27-5-2)11-9-15(28-16-8-6-7-10-24-16)13-25-20-12-14(3)17(21)19-18(20)22/h9,11-12,15-16H,4-8,10,13H2,1-3H3,(H,19,21,22)/b11-9+/t15-,16+/m1/s1. The smallest absolute Gasteiger partial charge is 0.361 e. The third-order valence-corrected chi connectivity index (χ3v) is 5.81. The van der Waals surface area contributed by atoms with Crippen molar-refractivity contribution in [2.45, 2.75) is 52.4 Å². The molecule has 0 aromatic carbocycles. The van der Waals surface area contributed by atoms with Gasteiger partial charge in [0.25, 0.3) is 5.56 Å². The molecule has 0 amide bonds. The number of ether oxygens (including phenoxy) is 2. The fourth-order valence-corrected chi connectivity index (χ4v) is 4.00. The monoisotopic (exact) mass is 432 g/mol. The molecule has 10 nitrogen and oxygen atoms in total. The van der Waals surface area contributed by atoms with Gasteiger partial charge in [-0.3, -0.25) is 14.3 Å². The number of aromatic amines is 1. The number of aryl methyl sites for hydroxylation is 1. The Morgan fingerprint density at radius 1 is 1.31 bits per heavy atom. The van der Waals surface area contributed by atoms with Crippen molar-refractivity contribution in [3.63, 3.8) is 0 Å². The van der Waals surface area contributed by atoms with Crippen molar-refractivity contribution < 1.29 is 27.9 Å². The number of rotatable bonds is 11. The zero-order valence-electron chi connectivity index (χ0n) is 17.0. The number of aromatic nitrogens is 2. The molecule has 2 heterocycles. The van der Waals surface area contributed by atoms with E-state index in [-0.39, 0.29) is 19.8 Å². The molecule has 2 rings (SSSR count). The Morgan fingerprint density at radius 3 is 2.66 bits per heavy atom. The average Bonchev–Trinajstić information content (AvgIpc) is 2.69. The van der Waals surface area contributed by atoms with Crippen LogP contribution in [-0.2, 0) is 23.1 Å². The first-order valence-electron chi connectivity index (χ1n) is 9.68. The predicted octanol–water partition coefficient (Wildman–Crippen LogP) is 1.97. The van der Waals surface area contributed by atoms with Gasteiger partial charge < -0.3 is 23.4 Å². The molecule has 1 aromatic rings. The van der Waals surface area contributed by atoms with Gasteiger partial charge in [-0.25, -0.2) is 4.79 Å². The molecule has 0 saturated carbocycles. The van der Waals surface area contributed by atoms with E-state index >= 15 is 0 Å². The van der Waals surface area contributed by atoms with E-state index in [4.69, 9.17) is 23.4 Å². The van der Waals surface area contributed by atoms with Crippen LogP contribution in [0.2, 0.25) is 0 Å². The molecule has 1 N–H and O–H groups in total. The highest BCUT2D eigenvalue weighted by Crippen LogP contribution is 2.49. The summed E-state index contributed by atoms with van der Waals surface area (Å²) in [6, 6.07) is 0. The van der Waals surface area contributed by atoms with Crippen molar-refractivity contribution in [2.75, 3.05) is 26.4 Å². The Hall–Kier alpha value is -1.71. The van der Waals surface area contributed by atoms with E-state index in [1.807, 2.05) is 0 Å². The van der Waals surface area contributed by atoms with Gasteiger partial charge >= 0.3 is 13.3 Å². The molecule has 0 bridgehead atoms. The molecule has 11 heteroatoms. The van der Waals surface area contributed by atoms with Crippen molar-refractivity contribution in [3.8, 4) is 0 Å². The Kier molecular flexibility index (Phi) is 9.32. The van der Waals surface area contributed by atoms with Crippen molar-refractivity contribution in [3.05, 3.63) is 44.5 Å². The highest BCUT2D eigenvalue weighted by molar-refractivity contribution is 7.57. The normalized spacial score (nSPS) is 18.8. The van der Waals surface area contributed by atoms with Crippen LogP contribution >= 0.6 is 7.60 Å². The van der Waals surface area contributed by atoms with Crippen LogP contribution in [0.15, 0.2) is 27.7 Å². The molecule has 0 radical (unpaired) electrons. The van der Waals surface area contributed by atoms with E-state index < -0.39 is 31.2 Å². The van der Waals surface area contributed by atoms with E-state index in [0.717, 1.165) is 24.0 Å². The van der Waals surface area contributed by atoms with Crippen LogP contribution < -0.4 is 16.1 Å². The van der Waals surface area contributed by atoms with Crippen LogP contribution in [0, 0.1) is 6.92 Å². The van der Waals surface area contributed by atoms with Gasteiger partial charge in [-0.1, -0.05) is 0 Å². The second-order valence-electron chi connectivity index (χ2n) is 6.38. The lowest BCUT2D eigenvalue weighted by atomic mass is 10.2. The first kappa shape index (κ1) is 23.6. The van der Waals surface area contributed by atoms with Gasteiger partial charge in [0.1, 0.15) is 12.7 Å². The number of nitrogens with one attached hydrogen (secondary N) is 1. The molecule has 1 aromatic heterocycles. The van der Waals surface area contributed by atoms with Crippen LogP contribution in [0.1, 0.15) is 38.7 Å². The van der Waals surface area contributed by atoms with Crippen LogP contribution in [-0.4, -0.2) is 48.5 Å². The predicted molar refractivity (Wildman–Crippen MR) is 106 cm³/mol. The van der Waals surface area contributed by atoms with Gasteiger partial charge in [-0.15, -0.1) is 4.73 Å². The largest absolute Gasteiger partial charge is 0.406 e. The summed E-state index contributed by atoms with van der Waals surface area (Å²) in [6.07, 6.45) is 4.35. The zero-order chi connectivity index (χ0) is 21.3. The summed E-state index contributed by atoms with van der Waals surface area (Å²) in [4.78, 5) is 31.0. The van der Waals surface area contributed by atoms with Gasteiger partial charge in [-0.05, 0) is 46.1 Å². The van der Waals surface area contributed by atoms with E-state index in [2.05, 4.69) is 4.98 Å². The summed E-state index contributed by atoms with van der Waals surface area (Å²) in [7, 11) is -3.42. The third kappa shape index (κ3) is 7.56. The molecule has 29 heavy (non-hydrogen) atoms. The first-order chi connectivity index (χ1) is 13.9. The maximum atomic E-state index is 12.7. The highest BCUT2D eigenvalue weighted by Gasteiger charge is 2.23. The van der Waals surface area contributed by atoms with E-state index in [1.165, 1.54) is 18.1 Å². The maximum Gasteiger partial charge on any atom is 0.361 e. The van der Waals surface area contributed by atoms with Crippen LogP contribution in [0.25, 0.3) is 0 Å². The zero-order valence-corrected chi connectivity index (χ0v) is 17.9. The third-order valence-electron chi connectivity index (χ3n) is 4.03. The van der Waals surface area contributed by atoms with Gasteiger partial charge in [-0.2, -0.15) is 0 Å². The van der Waals surface area contributed by atoms with E-state index in [9.17, 15) is 14.2 Å². The van der Waals surface area contributed by atoms with Gasteiger partial charge in [0.15, 0.2) is 6.29 Å².